The average Bonchev–Trinajstić information content (AvgIpc) is 2.76. The lowest BCUT2D eigenvalue weighted by molar-refractivity contribution is 0.790. The highest BCUT2D eigenvalue weighted by Gasteiger charge is 2.16. The second kappa shape index (κ2) is 5.67. The number of benzene rings is 1. The molecule has 0 atom stereocenters. The quantitative estimate of drug-likeness (QED) is 0.942. The van der Waals surface area contributed by atoms with E-state index < -0.39 is 0 Å². The van der Waals surface area contributed by atoms with Gasteiger partial charge in [0.25, 0.3) is 0 Å². The van der Waals surface area contributed by atoms with Gasteiger partial charge in [-0.25, -0.2) is 4.68 Å². The molecule has 0 fully saturated rings. The third-order valence-corrected chi connectivity index (χ3v) is 3.80. The van der Waals surface area contributed by atoms with E-state index in [0.717, 1.165) is 28.7 Å². The lowest BCUT2D eigenvalue weighted by Gasteiger charge is -2.08. The third kappa shape index (κ3) is 2.22. The molecule has 0 saturated carbocycles. The van der Waals surface area contributed by atoms with Crippen LogP contribution < -0.4 is 5.73 Å². The summed E-state index contributed by atoms with van der Waals surface area (Å²) in [5.41, 5.74) is 10.4. The molecule has 18 heavy (non-hydrogen) atoms. The smallest absolute Gasteiger partial charge is 0.0790 e. The van der Waals surface area contributed by atoms with E-state index in [2.05, 4.69) is 35.8 Å². The maximum absolute atomic E-state index is 5.87. The normalized spacial score (nSPS) is 10.9. The molecule has 3 nitrogen and oxygen atoms in total. The van der Waals surface area contributed by atoms with Gasteiger partial charge in [0.15, 0.2) is 0 Å². The van der Waals surface area contributed by atoms with E-state index >= 15 is 0 Å². The minimum atomic E-state index is 0.552. The number of hydrogen-bond acceptors (Lipinski definition) is 2. The Hall–Kier alpha value is -1.13. The summed E-state index contributed by atoms with van der Waals surface area (Å²) in [6.07, 6.45) is 1.85. The predicted molar refractivity (Wildman–Crippen MR) is 77.9 cm³/mol. The Labute approximate surface area is 116 Å². The predicted octanol–water partition coefficient (Wildman–Crippen LogP) is 3.22. The number of hydrogen-bond donors (Lipinski definition) is 1. The summed E-state index contributed by atoms with van der Waals surface area (Å²) in [5.74, 6) is 0. The average molecular weight is 308 g/mol. The van der Waals surface area contributed by atoms with Crippen molar-refractivity contribution in [3.63, 3.8) is 0 Å². The van der Waals surface area contributed by atoms with Gasteiger partial charge in [0.05, 0.1) is 11.4 Å². The summed E-state index contributed by atoms with van der Waals surface area (Å²) in [6, 6.07) is 8.13. The molecule has 0 aliphatic rings. The Morgan fingerprint density at radius 2 is 1.94 bits per heavy atom. The van der Waals surface area contributed by atoms with Crippen LogP contribution in [0.3, 0.4) is 0 Å². The Balaban J connectivity index is 2.64. The van der Waals surface area contributed by atoms with Crippen LogP contribution >= 0.6 is 15.9 Å². The molecule has 1 heterocycles. The van der Waals surface area contributed by atoms with Gasteiger partial charge < -0.3 is 5.73 Å². The maximum Gasteiger partial charge on any atom is 0.0790 e. The van der Waals surface area contributed by atoms with E-state index in [1.54, 1.807) is 0 Å². The molecule has 0 saturated heterocycles. The van der Waals surface area contributed by atoms with Crippen molar-refractivity contribution in [3.05, 3.63) is 45.7 Å². The minimum Gasteiger partial charge on any atom is -0.326 e. The Morgan fingerprint density at radius 1 is 1.22 bits per heavy atom. The van der Waals surface area contributed by atoms with Crippen molar-refractivity contribution in [2.45, 2.75) is 33.2 Å². The lowest BCUT2D eigenvalue weighted by atomic mass is 10.1. The molecule has 0 aliphatic carbocycles. The molecule has 96 valence electrons. The van der Waals surface area contributed by atoms with Gasteiger partial charge in [-0.2, -0.15) is 5.10 Å². The largest absolute Gasteiger partial charge is 0.326 e. The van der Waals surface area contributed by atoms with E-state index in [0.29, 0.717) is 6.54 Å². The first-order valence-electron chi connectivity index (χ1n) is 6.27. The van der Waals surface area contributed by atoms with Gasteiger partial charge in [0.1, 0.15) is 0 Å². The zero-order valence-corrected chi connectivity index (χ0v) is 12.4. The fraction of sp³-hybridized carbons (Fsp3) is 0.357. The van der Waals surface area contributed by atoms with Crippen LogP contribution in [0.4, 0.5) is 0 Å². The third-order valence-electron chi connectivity index (χ3n) is 3.13. The Morgan fingerprint density at radius 3 is 2.50 bits per heavy atom. The first-order chi connectivity index (χ1) is 8.72. The molecule has 2 aromatic rings. The monoisotopic (exact) mass is 307 g/mol. The van der Waals surface area contributed by atoms with Gasteiger partial charge in [-0.1, -0.05) is 26.0 Å². The molecule has 0 radical (unpaired) electrons. The van der Waals surface area contributed by atoms with Crippen LogP contribution in [0.2, 0.25) is 0 Å². The highest BCUT2D eigenvalue weighted by molar-refractivity contribution is 9.10. The Bertz CT molecular complexity index is 546. The Kier molecular flexibility index (Phi) is 4.19. The van der Waals surface area contributed by atoms with E-state index in [4.69, 9.17) is 10.8 Å². The molecule has 1 aromatic carbocycles. The van der Waals surface area contributed by atoms with Crippen molar-refractivity contribution in [2.75, 3.05) is 0 Å². The molecule has 0 amide bonds. The number of nitrogens with two attached hydrogens (primary N) is 1. The van der Waals surface area contributed by atoms with Crippen molar-refractivity contribution in [1.29, 1.82) is 0 Å². The minimum absolute atomic E-state index is 0.552. The first-order valence-corrected chi connectivity index (χ1v) is 7.06. The first kappa shape index (κ1) is 13.3. The number of aryl methyl sites for hydroxylation is 1. The number of nitrogens with zero attached hydrogens (tertiary/aromatic N) is 2. The summed E-state index contributed by atoms with van der Waals surface area (Å²) in [5, 5.41) is 4.71. The van der Waals surface area contributed by atoms with Crippen LogP contribution in [0, 0.1) is 0 Å². The highest BCUT2D eigenvalue weighted by Crippen LogP contribution is 2.25. The fourth-order valence-electron chi connectivity index (χ4n) is 2.24. The number of aromatic nitrogens is 2. The van der Waals surface area contributed by atoms with E-state index in [1.165, 1.54) is 11.3 Å². The van der Waals surface area contributed by atoms with Gasteiger partial charge >= 0.3 is 0 Å². The standard InChI is InChI=1S/C14H18BrN3/c1-3-12-10(9-16)13(4-2)18(17-12)14-8-6-5-7-11(14)15/h5-8H,3-4,9,16H2,1-2H3. The second-order valence-corrected chi connectivity index (χ2v) is 5.00. The lowest BCUT2D eigenvalue weighted by Crippen LogP contribution is -2.05. The van der Waals surface area contributed by atoms with Gasteiger partial charge in [-0.05, 0) is 40.9 Å². The molecule has 0 bridgehead atoms. The summed E-state index contributed by atoms with van der Waals surface area (Å²) in [6.45, 7) is 4.81. The maximum atomic E-state index is 5.87. The molecule has 4 heteroatoms. The van der Waals surface area contributed by atoms with Crippen LogP contribution in [-0.2, 0) is 19.4 Å². The van der Waals surface area contributed by atoms with Crippen LogP contribution in [0.25, 0.3) is 5.69 Å². The number of para-hydroxylation sites is 1. The van der Waals surface area contributed by atoms with Crippen LogP contribution in [0.5, 0.6) is 0 Å². The summed E-state index contributed by atoms with van der Waals surface area (Å²) < 4.78 is 3.07. The van der Waals surface area contributed by atoms with E-state index in [9.17, 15) is 0 Å². The second-order valence-electron chi connectivity index (χ2n) is 4.15. The van der Waals surface area contributed by atoms with Gasteiger partial charge in [-0.15, -0.1) is 0 Å². The fourth-order valence-corrected chi connectivity index (χ4v) is 2.69. The molecule has 2 rings (SSSR count). The van der Waals surface area contributed by atoms with Crippen LogP contribution in [0.15, 0.2) is 28.7 Å². The van der Waals surface area contributed by atoms with E-state index in [1.807, 2.05) is 22.9 Å². The van der Waals surface area contributed by atoms with Crippen LogP contribution in [0.1, 0.15) is 30.8 Å². The van der Waals surface area contributed by atoms with Crippen LogP contribution in [-0.4, -0.2) is 9.78 Å². The van der Waals surface area contributed by atoms with Crippen molar-refractivity contribution in [3.8, 4) is 5.69 Å². The zero-order valence-electron chi connectivity index (χ0n) is 10.8. The van der Waals surface area contributed by atoms with Crippen molar-refractivity contribution < 1.29 is 0 Å². The molecule has 0 spiro atoms. The SMILES string of the molecule is CCc1nn(-c2ccccc2Br)c(CC)c1CN. The van der Waals surface area contributed by atoms with Gasteiger partial charge in [-0.3, -0.25) is 0 Å². The number of rotatable bonds is 4. The summed E-state index contributed by atoms with van der Waals surface area (Å²) in [7, 11) is 0. The van der Waals surface area contributed by atoms with Crippen molar-refractivity contribution in [1.82, 2.24) is 9.78 Å². The molecule has 1 aromatic heterocycles. The van der Waals surface area contributed by atoms with Gasteiger partial charge in [0, 0.05) is 22.3 Å². The van der Waals surface area contributed by atoms with Gasteiger partial charge in [0.2, 0.25) is 0 Å². The molecule has 0 unspecified atom stereocenters. The number of halogens is 1. The molecule has 2 N–H and O–H groups in total. The molecule has 0 aliphatic heterocycles. The topological polar surface area (TPSA) is 43.8 Å². The van der Waals surface area contributed by atoms with Crippen molar-refractivity contribution >= 4 is 15.9 Å². The zero-order chi connectivity index (χ0) is 13.1. The van der Waals surface area contributed by atoms with E-state index in [-0.39, 0.29) is 0 Å². The summed E-state index contributed by atoms with van der Waals surface area (Å²) >= 11 is 3.58. The van der Waals surface area contributed by atoms with Crippen molar-refractivity contribution in [2.24, 2.45) is 5.73 Å². The molecular formula is C14H18BrN3. The highest BCUT2D eigenvalue weighted by atomic mass is 79.9. The summed E-state index contributed by atoms with van der Waals surface area (Å²) in [4.78, 5) is 0. The molecular weight excluding hydrogens is 290 g/mol.